The van der Waals surface area contributed by atoms with Crippen LogP contribution >= 0.6 is 0 Å². The Labute approximate surface area is 67.5 Å². The van der Waals surface area contributed by atoms with Crippen molar-refractivity contribution in [2.24, 2.45) is 10.7 Å². The van der Waals surface area contributed by atoms with Crippen LogP contribution in [-0.4, -0.2) is 5.84 Å². The third kappa shape index (κ3) is 6.39. The van der Waals surface area contributed by atoms with Gasteiger partial charge in [-0.3, -0.25) is 0 Å². The van der Waals surface area contributed by atoms with E-state index < -0.39 is 0 Å². The summed E-state index contributed by atoms with van der Waals surface area (Å²) in [5, 5.41) is 0. The molecule has 0 aromatic carbocycles. The quantitative estimate of drug-likeness (QED) is 0.274. The Hall–Kier alpha value is -1.49. The van der Waals surface area contributed by atoms with Gasteiger partial charge in [0.1, 0.15) is 0 Å². The molecule has 2 nitrogen and oxygen atoms in total. The smallest absolute Gasteiger partial charge is 0.0957 e. The standard InChI is InChI=1S/C9H12N2/c1-4-5-8(2)6-7-11-9(3)10/h1,5-7H,2-3H3,(H2,10,11)/b7-6-,8-5-. The molecular formula is C9H12N2. The summed E-state index contributed by atoms with van der Waals surface area (Å²) in [5.74, 6) is 2.95. The monoisotopic (exact) mass is 148 g/mol. The Balaban J connectivity index is 4.07. The minimum Gasteiger partial charge on any atom is -0.387 e. The number of rotatable bonds is 2. The summed E-state index contributed by atoms with van der Waals surface area (Å²) in [6.07, 6.45) is 10.1. The highest BCUT2D eigenvalue weighted by molar-refractivity contribution is 5.77. The molecular weight excluding hydrogens is 136 g/mol. The maximum absolute atomic E-state index is 5.29. The maximum atomic E-state index is 5.29. The van der Waals surface area contributed by atoms with Gasteiger partial charge in [-0.25, -0.2) is 4.99 Å². The fourth-order valence-corrected chi connectivity index (χ4v) is 0.452. The lowest BCUT2D eigenvalue weighted by molar-refractivity contribution is 1.43. The van der Waals surface area contributed by atoms with Crippen LogP contribution in [0.2, 0.25) is 0 Å². The summed E-state index contributed by atoms with van der Waals surface area (Å²) in [6.45, 7) is 3.63. The van der Waals surface area contributed by atoms with Crippen molar-refractivity contribution in [1.29, 1.82) is 0 Å². The molecule has 11 heavy (non-hydrogen) atoms. The lowest BCUT2D eigenvalue weighted by atomic mass is 10.3. The number of allylic oxidation sites excluding steroid dienone is 3. The molecule has 0 aliphatic rings. The van der Waals surface area contributed by atoms with Crippen LogP contribution in [-0.2, 0) is 0 Å². The average molecular weight is 148 g/mol. The molecule has 0 aliphatic carbocycles. The Kier molecular flexibility index (Phi) is 4.59. The largest absolute Gasteiger partial charge is 0.387 e. The molecule has 0 spiro atoms. The van der Waals surface area contributed by atoms with Gasteiger partial charge in [0.25, 0.3) is 0 Å². The second-order valence-corrected chi connectivity index (χ2v) is 2.14. The van der Waals surface area contributed by atoms with E-state index in [1.807, 2.05) is 6.92 Å². The highest BCUT2D eigenvalue weighted by Crippen LogP contribution is 1.93. The van der Waals surface area contributed by atoms with Crippen molar-refractivity contribution in [3.8, 4) is 12.3 Å². The number of nitrogens with two attached hydrogens (primary N) is 1. The normalized spacial score (nSPS) is 13.5. The van der Waals surface area contributed by atoms with Crippen molar-refractivity contribution < 1.29 is 0 Å². The van der Waals surface area contributed by atoms with Gasteiger partial charge in [0.05, 0.1) is 5.84 Å². The second kappa shape index (κ2) is 5.31. The van der Waals surface area contributed by atoms with Gasteiger partial charge in [-0.1, -0.05) is 5.92 Å². The molecule has 2 N–H and O–H groups in total. The van der Waals surface area contributed by atoms with Crippen LogP contribution in [0.15, 0.2) is 28.9 Å². The van der Waals surface area contributed by atoms with Crippen LogP contribution < -0.4 is 5.73 Å². The van der Waals surface area contributed by atoms with E-state index in [9.17, 15) is 0 Å². The molecule has 0 bridgehead atoms. The predicted molar refractivity (Wildman–Crippen MR) is 49.0 cm³/mol. The molecule has 0 radical (unpaired) electrons. The fourth-order valence-electron chi connectivity index (χ4n) is 0.452. The van der Waals surface area contributed by atoms with E-state index in [0.717, 1.165) is 5.57 Å². The summed E-state index contributed by atoms with van der Waals surface area (Å²) in [5.41, 5.74) is 6.28. The molecule has 58 valence electrons. The van der Waals surface area contributed by atoms with Gasteiger partial charge in [-0.05, 0) is 31.6 Å². The topological polar surface area (TPSA) is 38.4 Å². The number of hydrogen-bond donors (Lipinski definition) is 1. The van der Waals surface area contributed by atoms with Crippen molar-refractivity contribution in [2.75, 3.05) is 0 Å². The first-order chi connectivity index (χ1) is 5.16. The zero-order valence-electron chi connectivity index (χ0n) is 6.83. The second-order valence-electron chi connectivity index (χ2n) is 2.14. The summed E-state index contributed by atoms with van der Waals surface area (Å²) < 4.78 is 0. The Morgan fingerprint density at radius 3 is 2.64 bits per heavy atom. The van der Waals surface area contributed by atoms with Crippen molar-refractivity contribution in [1.82, 2.24) is 0 Å². The highest BCUT2D eigenvalue weighted by Gasteiger charge is 1.76. The molecule has 0 rings (SSSR count). The van der Waals surface area contributed by atoms with E-state index in [0.29, 0.717) is 5.84 Å². The summed E-state index contributed by atoms with van der Waals surface area (Å²) in [7, 11) is 0. The van der Waals surface area contributed by atoms with Gasteiger partial charge < -0.3 is 5.73 Å². The van der Waals surface area contributed by atoms with Gasteiger partial charge in [-0.2, -0.15) is 0 Å². The van der Waals surface area contributed by atoms with E-state index in [1.54, 1.807) is 25.3 Å². The van der Waals surface area contributed by atoms with Crippen LogP contribution in [0.25, 0.3) is 0 Å². The molecule has 0 aliphatic heterocycles. The first-order valence-electron chi connectivity index (χ1n) is 3.26. The molecule has 0 aromatic rings. The van der Waals surface area contributed by atoms with E-state index in [2.05, 4.69) is 10.9 Å². The van der Waals surface area contributed by atoms with Crippen molar-refractivity contribution >= 4 is 5.84 Å². The molecule has 0 saturated heterocycles. The van der Waals surface area contributed by atoms with Crippen molar-refractivity contribution in [3.05, 3.63) is 23.9 Å². The van der Waals surface area contributed by atoms with Crippen LogP contribution in [0.5, 0.6) is 0 Å². The third-order valence-corrected chi connectivity index (χ3v) is 0.927. The first-order valence-corrected chi connectivity index (χ1v) is 3.26. The third-order valence-electron chi connectivity index (χ3n) is 0.927. The molecule has 0 saturated carbocycles. The highest BCUT2D eigenvalue weighted by atomic mass is 14.8. The lowest BCUT2D eigenvalue weighted by Gasteiger charge is -1.85. The van der Waals surface area contributed by atoms with E-state index in [1.165, 1.54) is 0 Å². The summed E-state index contributed by atoms with van der Waals surface area (Å²) in [4.78, 5) is 3.85. The molecule has 0 aromatic heterocycles. The van der Waals surface area contributed by atoms with E-state index in [4.69, 9.17) is 12.2 Å². The maximum Gasteiger partial charge on any atom is 0.0957 e. The van der Waals surface area contributed by atoms with Crippen LogP contribution in [0, 0.1) is 12.3 Å². The number of amidine groups is 1. The lowest BCUT2D eigenvalue weighted by Crippen LogP contribution is -2.03. The molecule has 0 amide bonds. The van der Waals surface area contributed by atoms with Gasteiger partial charge in [0, 0.05) is 6.20 Å². The van der Waals surface area contributed by atoms with Crippen LogP contribution in [0.3, 0.4) is 0 Å². The number of aliphatic imine (C=N–C) groups is 1. The first kappa shape index (κ1) is 9.51. The Morgan fingerprint density at radius 1 is 1.55 bits per heavy atom. The fraction of sp³-hybridized carbons (Fsp3) is 0.222. The average Bonchev–Trinajstić information content (AvgIpc) is 1.87. The number of terminal acetylenes is 1. The van der Waals surface area contributed by atoms with Crippen molar-refractivity contribution in [2.45, 2.75) is 13.8 Å². The summed E-state index contributed by atoms with van der Waals surface area (Å²) >= 11 is 0. The zero-order chi connectivity index (χ0) is 8.69. The number of hydrogen-bond acceptors (Lipinski definition) is 1. The molecule has 2 heteroatoms. The SMILES string of the molecule is C#C/C=C(C)\C=C/N=C(C)N. The number of nitrogens with zero attached hydrogens (tertiary/aromatic N) is 1. The summed E-state index contributed by atoms with van der Waals surface area (Å²) in [6, 6.07) is 0. The molecule has 0 unspecified atom stereocenters. The minimum absolute atomic E-state index is 0.537. The van der Waals surface area contributed by atoms with E-state index >= 15 is 0 Å². The Morgan fingerprint density at radius 2 is 2.18 bits per heavy atom. The van der Waals surface area contributed by atoms with Gasteiger partial charge in [0.15, 0.2) is 0 Å². The molecule has 0 atom stereocenters. The van der Waals surface area contributed by atoms with Crippen LogP contribution in [0.4, 0.5) is 0 Å². The van der Waals surface area contributed by atoms with Gasteiger partial charge in [-0.15, -0.1) is 6.42 Å². The molecule has 0 fully saturated rings. The van der Waals surface area contributed by atoms with Crippen LogP contribution in [0.1, 0.15) is 13.8 Å². The Bertz CT molecular complexity index is 235. The van der Waals surface area contributed by atoms with E-state index in [-0.39, 0.29) is 0 Å². The molecule has 0 heterocycles. The van der Waals surface area contributed by atoms with Gasteiger partial charge in [0.2, 0.25) is 0 Å². The zero-order valence-corrected chi connectivity index (χ0v) is 6.83. The van der Waals surface area contributed by atoms with Gasteiger partial charge >= 0.3 is 0 Å². The minimum atomic E-state index is 0.537. The predicted octanol–water partition coefficient (Wildman–Crippen LogP) is 1.46. The van der Waals surface area contributed by atoms with Crippen molar-refractivity contribution in [3.63, 3.8) is 0 Å².